The van der Waals surface area contributed by atoms with Gasteiger partial charge >= 0.3 is 5.97 Å². The van der Waals surface area contributed by atoms with Crippen LogP contribution in [0.5, 0.6) is 0 Å². The molecule has 1 aliphatic heterocycles. The van der Waals surface area contributed by atoms with Crippen LogP contribution in [0.3, 0.4) is 0 Å². The number of nitrogens with zero attached hydrogens (tertiary/aromatic N) is 1. The van der Waals surface area contributed by atoms with E-state index in [2.05, 4.69) is 10.1 Å². The summed E-state index contributed by atoms with van der Waals surface area (Å²) in [6.45, 7) is 5.00. The van der Waals surface area contributed by atoms with Crippen molar-refractivity contribution in [1.82, 2.24) is 10.2 Å². The second-order valence-electron chi connectivity index (χ2n) is 6.78. The van der Waals surface area contributed by atoms with Gasteiger partial charge in [0.05, 0.1) is 26.0 Å². The Morgan fingerprint density at radius 3 is 2.56 bits per heavy atom. The summed E-state index contributed by atoms with van der Waals surface area (Å²) in [7, 11) is 1.32. The first-order valence-corrected chi connectivity index (χ1v) is 8.17. The van der Waals surface area contributed by atoms with E-state index in [1.54, 1.807) is 24.9 Å². The van der Waals surface area contributed by atoms with E-state index in [4.69, 9.17) is 0 Å². The van der Waals surface area contributed by atoms with Gasteiger partial charge in [0.1, 0.15) is 0 Å². The molecule has 1 aliphatic rings. The van der Waals surface area contributed by atoms with Crippen LogP contribution in [-0.2, 0) is 19.1 Å². The molecule has 134 valence electrons. The van der Waals surface area contributed by atoms with Crippen molar-refractivity contribution in [3.8, 4) is 0 Å². The van der Waals surface area contributed by atoms with Gasteiger partial charge in [-0.15, -0.1) is 0 Å². The van der Waals surface area contributed by atoms with E-state index in [1.165, 1.54) is 14.0 Å². The minimum absolute atomic E-state index is 0.0762. The first kappa shape index (κ1) is 18.7. The van der Waals surface area contributed by atoms with E-state index < -0.39 is 5.54 Å². The molecular formula is C19H24N2O4. The Morgan fingerprint density at radius 2 is 1.92 bits per heavy atom. The lowest BCUT2D eigenvalue weighted by molar-refractivity contribution is -0.142. The van der Waals surface area contributed by atoms with Crippen LogP contribution >= 0.6 is 0 Å². The minimum atomic E-state index is -0.727. The number of nitrogens with one attached hydrogen (secondary N) is 1. The van der Waals surface area contributed by atoms with Crippen molar-refractivity contribution in [2.24, 2.45) is 0 Å². The van der Waals surface area contributed by atoms with Crippen molar-refractivity contribution in [3.63, 3.8) is 0 Å². The molecule has 25 heavy (non-hydrogen) atoms. The Bertz CT molecular complexity index is 709. The number of benzene rings is 1. The monoisotopic (exact) mass is 344 g/mol. The lowest BCUT2D eigenvalue weighted by atomic mass is 9.93. The predicted octanol–water partition coefficient (Wildman–Crippen LogP) is 2.41. The molecule has 1 heterocycles. The van der Waals surface area contributed by atoms with Crippen LogP contribution in [0.4, 0.5) is 0 Å². The third-order valence-corrected chi connectivity index (χ3v) is 4.14. The zero-order valence-electron chi connectivity index (χ0n) is 15.0. The summed E-state index contributed by atoms with van der Waals surface area (Å²) in [5.41, 5.74) is 1.20. The van der Waals surface area contributed by atoms with Gasteiger partial charge in [-0.25, -0.2) is 0 Å². The van der Waals surface area contributed by atoms with Crippen LogP contribution < -0.4 is 5.32 Å². The molecule has 0 saturated heterocycles. The molecule has 0 bridgehead atoms. The summed E-state index contributed by atoms with van der Waals surface area (Å²) in [5, 5.41) is 2.86. The highest BCUT2D eigenvalue weighted by Gasteiger charge is 2.31. The second kappa shape index (κ2) is 7.51. The van der Waals surface area contributed by atoms with Gasteiger partial charge in [-0.3, -0.25) is 14.4 Å². The molecule has 0 aromatic heterocycles. The van der Waals surface area contributed by atoms with Gasteiger partial charge in [0.2, 0.25) is 11.8 Å². The minimum Gasteiger partial charge on any atom is -0.469 e. The summed E-state index contributed by atoms with van der Waals surface area (Å²) in [4.78, 5) is 37.5. The maximum Gasteiger partial charge on any atom is 0.307 e. The summed E-state index contributed by atoms with van der Waals surface area (Å²) < 4.78 is 4.66. The maximum absolute atomic E-state index is 12.5. The number of carbonyl (C=O) groups is 3. The van der Waals surface area contributed by atoms with E-state index in [0.29, 0.717) is 0 Å². The number of methoxy groups -OCH3 is 1. The molecule has 0 fully saturated rings. The van der Waals surface area contributed by atoms with Crippen molar-refractivity contribution in [2.45, 2.75) is 45.2 Å². The normalized spacial score (nSPS) is 16.2. The molecule has 1 aromatic carbocycles. The molecule has 0 saturated carbocycles. The van der Waals surface area contributed by atoms with Crippen molar-refractivity contribution < 1.29 is 19.1 Å². The maximum atomic E-state index is 12.5. The third-order valence-electron chi connectivity index (χ3n) is 4.14. The van der Waals surface area contributed by atoms with E-state index in [0.717, 1.165) is 11.1 Å². The Labute approximate surface area is 147 Å². The number of ether oxygens (including phenoxy) is 1. The number of hydrogen-bond acceptors (Lipinski definition) is 4. The molecule has 2 amide bonds. The first-order valence-electron chi connectivity index (χ1n) is 8.17. The lowest BCUT2D eigenvalue weighted by Crippen LogP contribution is -2.46. The average Bonchev–Trinajstić information content (AvgIpc) is 2.53. The average molecular weight is 344 g/mol. The SMILES string of the molecule is COC(=O)CC(C)(C)NC(=O)C[C@@H]1c2ccccc2C=CN1C(C)=O. The quantitative estimate of drug-likeness (QED) is 0.832. The Hall–Kier alpha value is -2.63. The highest BCUT2D eigenvalue weighted by Crippen LogP contribution is 2.32. The smallest absolute Gasteiger partial charge is 0.307 e. The van der Waals surface area contributed by atoms with Crippen molar-refractivity contribution in [3.05, 3.63) is 41.6 Å². The topological polar surface area (TPSA) is 75.7 Å². The molecular weight excluding hydrogens is 320 g/mol. The number of hydrogen-bond donors (Lipinski definition) is 1. The molecule has 0 aliphatic carbocycles. The van der Waals surface area contributed by atoms with Crippen LogP contribution in [0.1, 0.15) is 50.8 Å². The number of fused-ring (bicyclic) bond motifs is 1. The van der Waals surface area contributed by atoms with E-state index in [9.17, 15) is 14.4 Å². The fraction of sp³-hybridized carbons (Fsp3) is 0.421. The van der Waals surface area contributed by atoms with Gasteiger partial charge in [0, 0.05) is 18.7 Å². The molecule has 1 atom stereocenters. The summed E-state index contributed by atoms with van der Waals surface area (Å²) >= 11 is 0. The first-order chi connectivity index (χ1) is 11.7. The summed E-state index contributed by atoms with van der Waals surface area (Å²) in [5.74, 6) is -0.741. The van der Waals surface area contributed by atoms with Gasteiger partial charge in [-0.1, -0.05) is 24.3 Å². The van der Waals surface area contributed by atoms with Gasteiger partial charge in [-0.05, 0) is 31.1 Å². The van der Waals surface area contributed by atoms with E-state index >= 15 is 0 Å². The van der Waals surface area contributed by atoms with Gasteiger partial charge in [0.25, 0.3) is 0 Å². The summed E-state index contributed by atoms with van der Waals surface area (Å²) in [6, 6.07) is 7.32. The van der Waals surface area contributed by atoms with E-state index in [-0.39, 0.29) is 36.7 Å². The largest absolute Gasteiger partial charge is 0.469 e. The zero-order chi connectivity index (χ0) is 18.6. The van der Waals surface area contributed by atoms with Crippen molar-refractivity contribution in [2.75, 3.05) is 7.11 Å². The fourth-order valence-corrected chi connectivity index (χ4v) is 2.99. The number of carbonyl (C=O) groups excluding carboxylic acids is 3. The Balaban J connectivity index is 2.16. The number of amides is 2. The number of rotatable bonds is 5. The van der Waals surface area contributed by atoms with Crippen LogP contribution in [0.2, 0.25) is 0 Å². The zero-order valence-corrected chi connectivity index (χ0v) is 15.0. The standard InChI is InChI=1S/C19H24N2O4/c1-13(22)21-10-9-14-7-5-6-8-15(14)16(21)11-17(23)20-19(2,3)12-18(24)25-4/h5-10,16H,11-12H2,1-4H3,(H,20,23)/t16-/m1/s1. The molecule has 6 heteroatoms. The molecule has 0 spiro atoms. The third kappa shape index (κ3) is 4.68. The molecule has 1 aromatic rings. The molecule has 1 N–H and O–H groups in total. The van der Waals surface area contributed by atoms with Gasteiger partial charge in [0.15, 0.2) is 0 Å². The van der Waals surface area contributed by atoms with E-state index in [1.807, 2.05) is 30.3 Å². The van der Waals surface area contributed by atoms with Crippen LogP contribution in [0.15, 0.2) is 30.5 Å². The van der Waals surface area contributed by atoms with Gasteiger partial charge in [-0.2, -0.15) is 0 Å². The van der Waals surface area contributed by atoms with Crippen molar-refractivity contribution in [1.29, 1.82) is 0 Å². The predicted molar refractivity (Wildman–Crippen MR) is 94.2 cm³/mol. The Kier molecular flexibility index (Phi) is 5.62. The van der Waals surface area contributed by atoms with Gasteiger partial charge < -0.3 is 15.0 Å². The van der Waals surface area contributed by atoms with Crippen molar-refractivity contribution >= 4 is 23.9 Å². The lowest BCUT2D eigenvalue weighted by Gasteiger charge is -2.33. The highest BCUT2D eigenvalue weighted by atomic mass is 16.5. The molecule has 6 nitrogen and oxygen atoms in total. The number of esters is 1. The molecule has 0 radical (unpaired) electrons. The second-order valence-corrected chi connectivity index (χ2v) is 6.78. The highest BCUT2D eigenvalue weighted by molar-refractivity contribution is 5.82. The fourth-order valence-electron chi connectivity index (χ4n) is 2.99. The molecule has 0 unspecified atom stereocenters. The summed E-state index contributed by atoms with van der Waals surface area (Å²) in [6.07, 6.45) is 3.77. The molecule has 2 rings (SSSR count). The van der Waals surface area contributed by atoms with Crippen LogP contribution in [0.25, 0.3) is 6.08 Å². The Morgan fingerprint density at radius 1 is 1.24 bits per heavy atom. The van der Waals surface area contributed by atoms with Crippen LogP contribution in [-0.4, -0.2) is 35.3 Å². The van der Waals surface area contributed by atoms with Crippen LogP contribution in [0, 0.1) is 0 Å².